The van der Waals surface area contributed by atoms with E-state index in [1.165, 1.54) is 6.42 Å². The summed E-state index contributed by atoms with van der Waals surface area (Å²) in [4.78, 5) is 14.8. The van der Waals surface area contributed by atoms with Gasteiger partial charge in [-0.2, -0.15) is 5.10 Å². The van der Waals surface area contributed by atoms with Gasteiger partial charge in [0.1, 0.15) is 11.4 Å². The molecule has 128 valence electrons. The normalized spacial score (nSPS) is 17.8. The first-order valence-electron chi connectivity index (χ1n) is 8.44. The molecule has 6 nitrogen and oxygen atoms in total. The van der Waals surface area contributed by atoms with Crippen molar-refractivity contribution in [3.05, 3.63) is 36.0 Å². The molecule has 1 amide bonds. The molecule has 0 saturated carbocycles. The summed E-state index contributed by atoms with van der Waals surface area (Å²) in [6.07, 6.45) is 2.35. The SMILES string of the molecule is CCN1CCC[C@H]1CNC(=O)c1cc(-c2ccccc2OC)n[nH]1. The van der Waals surface area contributed by atoms with E-state index < -0.39 is 0 Å². The zero-order valence-corrected chi connectivity index (χ0v) is 14.2. The molecule has 1 fully saturated rings. The summed E-state index contributed by atoms with van der Waals surface area (Å²) in [7, 11) is 1.63. The van der Waals surface area contributed by atoms with Crippen LogP contribution in [0.3, 0.4) is 0 Å². The predicted molar refractivity (Wildman–Crippen MR) is 93.2 cm³/mol. The van der Waals surface area contributed by atoms with Crippen molar-refractivity contribution < 1.29 is 9.53 Å². The molecule has 1 aromatic carbocycles. The number of likely N-dealkylation sites (N-methyl/N-ethyl adjacent to an activating group) is 1. The Hall–Kier alpha value is -2.34. The summed E-state index contributed by atoms with van der Waals surface area (Å²) in [6.45, 7) is 4.99. The highest BCUT2D eigenvalue weighted by Gasteiger charge is 2.23. The van der Waals surface area contributed by atoms with E-state index in [-0.39, 0.29) is 5.91 Å². The second-order valence-electron chi connectivity index (χ2n) is 6.00. The summed E-state index contributed by atoms with van der Waals surface area (Å²) >= 11 is 0. The number of para-hydroxylation sites is 1. The summed E-state index contributed by atoms with van der Waals surface area (Å²) in [5.74, 6) is 0.618. The minimum atomic E-state index is -0.119. The fraction of sp³-hybridized carbons (Fsp3) is 0.444. The quantitative estimate of drug-likeness (QED) is 0.854. The summed E-state index contributed by atoms with van der Waals surface area (Å²) in [5, 5.41) is 10.1. The van der Waals surface area contributed by atoms with Gasteiger partial charge in [0.15, 0.2) is 0 Å². The van der Waals surface area contributed by atoms with Crippen LogP contribution in [-0.2, 0) is 0 Å². The van der Waals surface area contributed by atoms with Crippen molar-refractivity contribution in [2.24, 2.45) is 0 Å². The Morgan fingerprint density at radius 1 is 1.46 bits per heavy atom. The fourth-order valence-corrected chi connectivity index (χ4v) is 3.28. The molecule has 24 heavy (non-hydrogen) atoms. The molecule has 1 atom stereocenters. The minimum absolute atomic E-state index is 0.119. The predicted octanol–water partition coefficient (Wildman–Crippen LogP) is 2.30. The van der Waals surface area contributed by atoms with Gasteiger partial charge < -0.3 is 10.1 Å². The van der Waals surface area contributed by atoms with Gasteiger partial charge in [0.2, 0.25) is 0 Å². The first kappa shape index (κ1) is 16.5. The number of H-pyrrole nitrogens is 1. The number of carbonyl (C=O) groups is 1. The highest BCUT2D eigenvalue weighted by atomic mass is 16.5. The topological polar surface area (TPSA) is 70.2 Å². The monoisotopic (exact) mass is 328 g/mol. The molecule has 0 aliphatic carbocycles. The Balaban J connectivity index is 1.65. The lowest BCUT2D eigenvalue weighted by Gasteiger charge is -2.22. The van der Waals surface area contributed by atoms with Crippen LogP contribution in [0.2, 0.25) is 0 Å². The van der Waals surface area contributed by atoms with E-state index in [2.05, 4.69) is 27.3 Å². The molecule has 0 spiro atoms. The Bertz CT molecular complexity index is 698. The van der Waals surface area contributed by atoms with Gasteiger partial charge in [0, 0.05) is 18.2 Å². The highest BCUT2D eigenvalue weighted by Crippen LogP contribution is 2.28. The third kappa shape index (κ3) is 3.43. The number of likely N-dealkylation sites (tertiary alicyclic amines) is 1. The Labute approximate surface area is 142 Å². The molecule has 1 aliphatic heterocycles. The van der Waals surface area contributed by atoms with Gasteiger partial charge in [-0.05, 0) is 44.1 Å². The van der Waals surface area contributed by atoms with Crippen molar-refractivity contribution in [1.82, 2.24) is 20.4 Å². The number of rotatable bonds is 6. The van der Waals surface area contributed by atoms with E-state index >= 15 is 0 Å². The first-order valence-corrected chi connectivity index (χ1v) is 8.44. The lowest BCUT2D eigenvalue weighted by atomic mass is 10.1. The van der Waals surface area contributed by atoms with Crippen molar-refractivity contribution in [2.45, 2.75) is 25.8 Å². The molecular formula is C18H24N4O2. The number of hydrogen-bond acceptors (Lipinski definition) is 4. The van der Waals surface area contributed by atoms with E-state index in [0.29, 0.717) is 24.0 Å². The molecule has 0 bridgehead atoms. The largest absolute Gasteiger partial charge is 0.496 e. The maximum absolute atomic E-state index is 12.4. The summed E-state index contributed by atoms with van der Waals surface area (Å²) in [5.41, 5.74) is 2.04. The molecule has 2 aromatic rings. The smallest absolute Gasteiger partial charge is 0.269 e. The van der Waals surface area contributed by atoms with E-state index in [4.69, 9.17) is 4.74 Å². The van der Waals surface area contributed by atoms with Gasteiger partial charge in [0.05, 0.1) is 12.8 Å². The van der Waals surface area contributed by atoms with Crippen LogP contribution in [0.25, 0.3) is 11.3 Å². The third-order valence-electron chi connectivity index (χ3n) is 4.61. The molecule has 1 aromatic heterocycles. The van der Waals surface area contributed by atoms with Crippen LogP contribution in [0.4, 0.5) is 0 Å². The lowest BCUT2D eigenvalue weighted by molar-refractivity contribution is 0.0936. The second-order valence-corrected chi connectivity index (χ2v) is 6.00. The summed E-state index contributed by atoms with van der Waals surface area (Å²) < 4.78 is 5.35. The fourth-order valence-electron chi connectivity index (χ4n) is 3.28. The summed E-state index contributed by atoms with van der Waals surface area (Å²) in [6, 6.07) is 9.84. The van der Waals surface area contributed by atoms with E-state index in [1.807, 2.05) is 24.3 Å². The number of methoxy groups -OCH3 is 1. The van der Waals surface area contributed by atoms with Gasteiger partial charge >= 0.3 is 0 Å². The van der Waals surface area contributed by atoms with Gasteiger partial charge in [-0.3, -0.25) is 14.8 Å². The maximum atomic E-state index is 12.4. The molecule has 0 unspecified atom stereocenters. The molecule has 0 radical (unpaired) electrons. The number of aromatic amines is 1. The van der Waals surface area contributed by atoms with Gasteiger partial charge in [-0.15, -0.1) is 0 Å². The standard InChI is InChI=1S/C18H24N4O2/c1-3-22-10-6-7-13(22)12-19-18(23)16-11-15(20-21-16)14-8-4-5-9-17(14)24-2/h4-5,8-9,11,13H,3,6-7,10,12H2,1-2H3,(H,19,23)(H,20,21)/t13-/m0/s1. The number of carbonyl (C=O) groups excluding carboxylic acids is 1. The van der Waals surface area contributed by atoms with Crippen molar-refractivity contribution in [3.8, 4) is 17.0 Å². The number of nitrogens with one attached hydrogen (secondary N) is 2. The average Bonchev–Trinajstić information content (AvgIpc) is 3.28. The average molecular weight is 328 g/mol. The molecule has 1 aliphatic rings. The number of aromatic nitrogens is 2. The highest BCUT2D eigenvalue weighted by molar-refractivity contribution is 5.93. The van der Waals surface area contributed by atoms with Crippen LogP contribution in [0.15, 0.2) is 30.3 Å². The van der Waals surface area contributed by atoms with E-state index in [0.717, 1.165) is 30.8 Å². The number of ether oxygens (including phenoxy) is 1. The number of amides is 1. The van der Waals surface area contributed by atoms with Crippen molar-refractivity contribution in [3.63, 3.8) is 0 Å². The molecule has 2 N–H and O–H groups in total. The Morgan fingerprint density at radius 2 is 2.29 bits per heavy atom. The lowest BCUT2D eigenvalue weighted by Crippen LogP contribution is -2.40. The molecule has 1 saturated heterocycles. The first-order chi connectivity index (χ1) is 11.7. The van der Waals surface area contributed by atoms with E-state index in [1.54, 1.807) is 13.2 Å². The zero-order valence-electron chi connectivity index (χ0n) is 14.2. The van der Waals surface area contributed by atoms with Gasteiger partial charge in [-0.25, -0.2) is 0 Å². The van der Waals surface area contributed by atoms with Crippen LogP contribution < -0.4 is 10.1 Å². The zero-order chi connectivity index (χ0) is 16.9. The molecule has 3 rings (SSSR count). The molecule has 6 heteroatoms. The van der Waals surface area contributed by atoms with Gasteiger partial charge in [0.25, 0.3) is 5.91 Å². The number of hydrogen-bond donors (Lipinski definition) is 2. The van der Waals surface area contributed by atoms with Crippen molar-refractivity contribution >= 4 is 5.91 Å². The minimum Gasteiger partial charge on any atom is -0.496 e. The Kier molecular flexibility index (Phi) is 5.15. The van der Waals surface area contributed by atoms with Crippen LogP contribution >= 0.6 is 0 Å². The number of nitrogens with zero attached hydrogens (tertiary/aromatic N) is 2. The van der Waals surface area contributed by atoms with Crippen LogP contribution in [0.1, 0.15) is 30.3 Å². The van der Waals surface area contributed by atoms with Crippen LogP contribution in [0.5, 0.6) is 5.75 Å². The van der Waals surface area contributed by atoms with Crippen LogP contribution in [0, 0.1) is 0 Å². The van der Waals surface area contributed by atoms with Crippen LogP contribution in [-0.4, -0.2) is 53.8 Å². The Morgan fingerprint density at radius 3 is 3.08 bits per heavy atom. The van der Waals surface area contributed by atoms with Crippen molar-refractivity contribution in [1.29, 1.82) is 0 Å². The maximum Gasteiger partial charge on any atom is 0.269 e. The molecular weight excluding hydrogens is 304 g/mol. The van der Waals surface area contributed by atoms with E-state index in [9.17, 15) is 4.79 Å². The van der Waals surface area contributed by atoms with Crippen molar-refractivity contribution in [2.75, 3.05) is 26.7 Å². The third-order valence-corrected chi connectivity index (χ3v) is 4.61. The molecule has 2 heterocycles. The second kappa shape index (κ2) is 7.49. The van der Waals surface area contributed by atoms with Gasteiger partial charge in [-0.1, -0.05) is 19.1 Å². The number of benzene rings is 1.